The molecule has 0 unspecified atom stereocenters. The van der Waals surface area contributed by atoms with Crippen molar-refractivity contribution in [2.45, 2.75) is 31.6 Å². The molecule has 0 radical (unpaired) electrons. The highest BCUT2D eigenvalue weighted by Crippen LogP contribution is 2.31. The number of benzene rings is 1. The fourth-order valence-electron chi connectivity index (χ4n) is 2.44. The van der Waals surface area contributed by atoms with Gasteiger partial charge in [0.25, 0.3) is 0 Å². The molecular formula is C14H17ClF3N3O. The van der Waals surface area contributed by atoms with Crippen LogP contribution >= 0.6 is 11.6 Å². The van der Waals surface area contributed by atoms with Gasteiger partial charge in [0, 0.05) is 30.7 Å². The molecule has 1 fully saturated rings. The van der Waals surface area contributed by atoms with Gasteiger partial charge in [0.15, 0.2) is 0 Å². The van der Waals surface area contributed by atoms with Gasteiger partial charge in [-0.2, -0.15) is 13.2 Å². The Balaban J connectivity index is 1.93. The van der Waals surface area contributed by atoms with Crippen molar-refractivity contribution in [3.63, 3.8) is 0 Å². The highest BCUT2D eigenvalue weighted by Gasteiger charge is 2.31. The predicted octanol–water partition coefficient (Wildman–Crippen LogP) is 2.99. The number of piperidine rings is 1. The molecule has 0 atom stereocenters. The SMILES string of the molecule is NC(=O)N1CCC(NCc2cc(C(F)(F)F)ccc2Cl)CC1. The second-order valence-corrected chi connectivity index (χ2v) is 5.69. The van der Waals surface area contributed by atoms with Gasteiger partial charge >= 0.3 is 12.2 Å². The quantitative estimate of drug-likeness (QED) is 0.892. The summed E-state index contributed by atoms with van der Waals surface area (Å²) < 4.78 is 38.1. The number of halogens is 4. The average molecular weight is 336 g/mol. The number of primary amides is 1. The van der Waals surface area contributed by atoms with Crippen molar-refractivity contribution in [3.05, 3.63) is 34.3 Å². The van der Waals surface area contributed by atoms with Crippen LogP contribution in [0.15, 0.2) is 18.2 Å². The topological polar surface area (TPSA) is 58.4 Å². The van der Waals surface area contributed by atoms with Crippen LogP contribution < -0.4 is 11.1 Å². The lowest BCUT2D eigenvalue weighted by molar-refractivity contribution is -0.137. The van der Waals surface area contributed by atoms with Crippen molar-refractivity contribution >= 4 is 17.6 Å². The van der Waals surface area contributed by atoms with Crippen LogP contribution in [0.25, 0.3) is 0 Å². The van der Waals surface area contributed by atoms with Gasteiger partial charge in [-0.15, -0.1) is 0 Å². The first kappa shape index (κ1) is 16.9. The minimum absolute atomic E-state index is 0.126. The molecule has 2 amide bonds. The lowest BCUT2D eigenvalue weighted by Crippen LogP contribution is -2.46. The standard InChI is InChI=1S/C14H17ClF3N3O/c15-12-2-1-10(14(16,17)18)7-9(12)8-20-11-3-5-21(6-4-11)13(19)22/h1-2,7,11,20H,3-6,8H2,(H2,19,22). The Morgan fingerprint density at radius 3 is 2.55 bits per heavy atom. The molecule has 22 heavy (non-hydrogen) atoms. The lowest BCUT2D eigenvalue weighted by Gasteiger charge is -2.31. The Morgan fingerprint density at radius 2 is 2.00 bits per heavy atom. The van der Waals surface area contributed by atoms with Crippen molar-refractivity contribution in [1.29, 1.82) is 0 Å². The summed E-state index contributed by atoms with van der Waals surface area (Å²) in [6.45, 7) is 1.34. The van der Waals surface area contributed by atoms with Crippen LogP contribution in [0.4, 0.5) is 18.0 Å². The fraction of sp³-hybridized carbons (Fsp3) is 0.500. The zero-order chi connectivity index (χ0) is 16.3. The molecule has 8 heteroatoms. The number of likely N-dealkylation sites (tertiary alicyclic amines) is 1. The number of nitrogens with zero attached hydrogens (tertiary/aromatic N) is 1. The van der Waals surface area contributed by atoms with E-state index in [-0.39, 0.29) is 12.6 Å². The van der Waals surface area contributed by atoms with Crippen LogP contribution in [0.2, 0.25) is 5.02 Å². The molecule has 0 bridgehead atoms. The van der Waals surface area contributed by atoms with E-state index in [1.54, 1.807) is 4.90 Å². The molecule has 1 aromatic rings. The Hall–Kier alpha value is -1.47. The van der Waals surface area contributed by atoms with Gasteiger partial charge in [0.05, 0.1) is 5.56 Å². The van der Waals surface area contributed by atoms with E-state index in [9.17, 15) is 18.0 Å². The third kappa shape index (κ3) is 4.27. The summed E-state index contributed by atoms with van der Waals surface area (Å²) in [5.41, 5.74) is 4.90. The van der Waals surface area contributed by atoms with Crippen LogP contribution in [0.3, 0.4) is 0 Å². The predicted molar refractivity (Wildman–Crippen MR) is 77.5 cm³/mol. The van der Waals surface area contributed by atoms with E-state index >= 15 is 0 Å². The monoisotopic (exact) mass is 335 g/mol. The average Bonchev–Trinajstić information content (AvgIpc) is 2.45. The van der Waals surface area contributed by atoms with E-state index < -0.39 is 17.8 Å². The maximum Gasteiger partial charge on any atom is 0.416 e. The molecule has 3 N–H and O–H groups in total. The number of hydrogen-bond donors (Lipinski definition) is 2. The Morgan fingerprint density at radius 1 is 1.36 bits per heavy atom. The van der Waals surface area contributed by atoms with Gasteiger partial charge in [-0.3, -0.25) is 0 Å². The van der Waals surface area contributed by atoms with Crippen LogP contribution in [0.5, 0.6) is 0 Å². The maximum atomic E-state index is 12.7. The zero-order valence-electron chi connectivity index (χ0n) is 11.8. The molecule has 2 rings (SSSR count). The summed E-state index contributed by atoms with van der Waals surface area (Å²) >= 11 is 5.95. The third-order valence-electron chi connectivity index (χ3n) is 3.76. The lowest BCUT2D eigenvalue weighted by atomic mass is 10.0. The molecule has 0 saturated carbocycles. The molecule has 0 aliphatic carbocycles. The number of alkyl halides is 3. The molecule has 1 saturated heterocycles. The number of carbonyl (C=O) groups is 1. The Kier molecular flexibility index (Phi) is 5.18. The molecule has 1 heterocycles. The Labute approximate surface area is 131 Å². The van der Waals surface area contributed by atoms with E-state index in [2.05, 4.69) is 5.32 Å². The van der Waals surface area contributed by atoms with E-state index in [0.717, 1.165) is 12.1 Å². The van der Waals surface area contributed by atoms with E-state index in [1.165, 1.54) is 6.07 Å². The van der Waals surface area contributed by atoms with Gasteiger partial charge in [-0.25, -0.2) is 4.79 Å². The van der Waals surface area contributed by atoms with Crippen LogP contribution in [0.1, 0.15) is 24.0 Å². The normalized spacial score (nSPS) is 16.8. The van der Waals surface area contributed by atoms with E-state index in [0.29, 0.717) is 36.5 Å². The first-order chi connectivity index (χ1) is 10.3. The molecule has 0 aromatic heterocycles. The van der Waals surface area contributed by atoms with Gasteiger partial charge < -0.3 is 16.0 Å². The summed E-state index contributed by atoms with van der Waals surface area (Å²) in [5.74, 6) is 0. The third-order valence-corrected chi connectivity index (χ3v) is 4.13. The molecular weight excluding hydrogens is 319 g/mol. The number of nitrogens with two attached hydrogens (primary N) is 1. The van der Waals surface area contributed by atoms with Crippen molar-refractivity contribution in [1.82, 2.24) is 10.2 Å². The molecule has 4 nitrogen and oxygen atoms in total. The van der Waals surface area contributed by atoms with Gasteiger partial charge in [-0.1, -0.05) is 11.6 Å². The number of carbonyl (C=O) groups excluding carboxylic acids is 1. The minimum atomic E-state index is -4.38. The summed E-state index contributed by atoms with van der Waals surface area (Å²) in [5, 5.41) is 3.49. The van der Waals surface area contributed by atoms with Gasteiger partial charge in [-0.05, 0) is 36.6 Å². The summed E-state index contributed by atoms with van der Waals surface area (Å²) in [7, 11) is 0. The number of nitrogens with one attached hydrogen (secondary N) is 1. The van der Waals surface area contributed by atoms with Gasteiger partial charge in [0.2, 0.25) is 0 Å². The van der Waals surface area contributed by atoms with Crippen molar-refractivity contribution in [2.75, 3.05) is 13.1 Å². The molecule has 0 spiro atoms. The molecule has 1 aromatic carbocycles. The first-order valence-corrected chi connectivity index (χ1v) is 7.28. The molecule has 1 aliphatic heterocycles. The number of rotatable bonds is 3. The Bertz CT molecular complexity index is 543. The smallest absolute Gasteiger partial charge is 0.351 e. The molecule has 1 aliphatic rings. The van der Waals surface area contributed by atoms with Gasteiger partial charge in [0.1, 0.15) is 0 Å². The summed E-state index contributed by atoms with van der Waals surface area (Å²) in [6.07, 6.45) is -2.97. The van der Waals surface area contributed by atoms with E-state index in [4.69, 9.17) is 17.3 Å². The van der Waals surface area contributed by atoms with Crippen LogP contribution in [0, 0.1) is 0 Å². The fourth-order valence-corrected chi connectivity index (χ4v) is 2.63. The first-order valence-electron chi connectivity index (χ1n) is 6.91. The zero-order valence-corrected chi connectivity index (χ0v) is 12.5. The van der Waals surface area contributed by atoms with Crippen LogP contribution in [-0.4, -0.2) is 30.1 Å². The largest absolute Gasteiger partial charge is 0.416 e. The summed E-state index contributed by atoms with van der Waals surface area (Å²) in [4.78, 5) is 12.6. The highest BCUT2D eigenvalue weighted by atomic mass is 35.5. The van der Waals surface area contributed by atoms with E-state index in [1.807, 2.05) is 0 Å². The summed E-state index contributed by atoms with van der Waals surface area (Å²) in [6, 6.07) is 2.97. The second kappa shape index (κ2) is 6.75. The number of hydrogen-bond acceptors (Lipinski definition) is 2. The number of urea groups is 1. The number of amides is 2. The van der Waals surface area contributed by atoms with Crippen molar-refractivity contribution in [2.24, 2.45) is 5.73 Å². The van der Waals surface area contributed by atoms with Crippen molar-refractivity contribution < 1.29 is 18.0 Å². The highest BCUT2D eigenvalue weighted by molar-refractivity contribution is 6.31. The maximum absolute atomic E-state index is 12.7. The second-order valence-electron chi connectivity index (χ2n) is 5.28. The van der Waals surface area contributed by atoms with Crippen LogP contribution in [-0.2, 0) is 12.7 Å². The minimum Gasteiger partial charge on any atom is -0.351 e. The molecule has 122 valence electrons. The van der Waals surface area contributed by atoms with Crippen molar-refractivity contribution in [3.8, 4) is 0 Å².